The highest BCUT2D eigenvalue weighted by Gasteiger charge is 2.27. The zero-order chi connectivity index (χ0) is 12.9. The molecule has 0 N–H and O–H groups in total. The SMILES string of the molecule is CC(=CCCBr)CCC1=C(C)CCCC1(C)C. The molecule has 0 unspecified atom stereocenters. The fourth-order valence-electron chi connectivity index (χ4n) is 2.95. The number of alkyl halides is 1. The Morgan fingerprint density at radius 1 is 1.41 bits per heavy atom. The summed E-state index contributed by atoms with van der Waals surface area (Å²) >= 11 is 3.48. The van der Waals surface area contributed by atoms with Gasteiger partial charge >= 0.3 is 0 Å². The molecule has 0 nitrogen and oxygen atoms in total. The smallest absolute Gasteiger partial charge is 0.00660 e. The van der Waals surface area contributed by atoms with Crippen LogP contribution in [0.4, 0.5) is 0 Å². The van der Waals surface area contributed by atoms with Crippen molar-refractivity contribution in [2.45, 2.75) is 66.2 Å². The Kier molecular flexibility index (Phi) is 5.99. The third-order valence-corrected chi connectivity index (χ3v) is 4.51. The normalized spacial score (nSPS) is 20.9. The predicted octanol–water partition coefficient (Wildman–Crippen LogP) is 6.02. The Bertz CT molecular complexity index is 307. The summed E-state index contributed by atoms with van der Waals surface area (Å²) in [6, 6.07) is 0. The molecule has 0 bridgehead atoms. The first kappa shape index (κ1) is 15.0. The van der Waals surface area contributed by atoms with Gasteiger partial charge in [-0.15, -0.1) is 0 Å². The summed E-state index contributed by atoms with van der Waals surface area (Å²) in [5.74, 6) is 0. The van der Waals surface area contributed by atoms with Gasteiger partial charge in [-0.2, -0.15) is 0 Å². The van der Waals surface area contributed by atoms with Gasteiger partial charge in [0.2, 0.25) is 0 Å². The minimum atomic E-state index is 0.442. The third kappa shape index (κ3) is 4.62. The molecule has 0 radical (unpaired) electrons. The summed E-state index contributed by atoms with van der Waals surface area (Å²) in [7, 11) is 0. The van der Waals surface area contributed by atoms with Gasteiger partial charge in [0.25, 0.3) is 0 Å². The van der Waals surface area contributed by atoms with Crippen molar-refractivity contribution in [3.05, 3.63) is 22.8 Å². The second kappa shape index (κ2) is 6.78. The van der Waals surface area contributed by atoms with Crippen LogP contribution in [0.2, 0.25) is 0 Å². The summed E-state index contributed by atoms with van der Waals surface area (Å²) in [5, 5.41) is 1.08. The standard InChI is InChI=1S/C16H27Br/c1-13(7-6-12-17)9-10-15-14(2)8-5-11-16(15,3)4/h7H,5-6,8-12H2,1-4H3. The highest BCUT2D eigenvalue weighted by Crippen LogP contribution is 2.42. The zero-order valence-corrected chi connectivity index (χ0v) is 13.5. The fourth-order valence-corrected chi connectivity index (χ4v) is 3.18. The molecule has 0 fully saturated rings. The maximum Gasteiger partial charge on any atom is 0.00660 e. The molecular weight excluding hydrogens is 272 g/mol. The topological polar surface area (TPSA) is 0 Å². The van der Waals surface area contributed by atoms with Crippen molar-refractivity contribution in [2.75, 3.05) is 5.33 Å². The van der Waals surface area contributed by atoms with E-state index >= 15 is 0 Å². The molecule has 1 aliphatic rings. The Hall–Kier alpha value is -0.0400. The number of allylic oxidation sites excluding steroid dienone is 4. The van der Waals surface area contributed by atoms with E-state index in [1.165, 1.54) is 32.1 Å². The monoisotopic (exact) mass is 298 g/mol. The second-order valence-electron chi connectivity index (χ2n) is 6.02. The van der Waals surface area contributed by atoms with Crippen LogP contribution in [0.1, 0.15) is 66.2 Å². The van der Waals surface area contributed by atoms with Gasteiger partial charge in [0.15, 0.2) is 0 Å². The summed E-state index contributed by atoms with van der Waals surface area (Å²) in [4.78, 5) is 0. The van der Waals surface area contributed by atoms with Crippen LogP contribution in [-0.4, -0.2) is 5.33 Å². The fraction of sp³-hybridized carbons (Fsp3) is 0.750. The first-order valence-corrected chi connectivity index (χ1v) is 8.00. The molecule has 0 saturated heterocycles. The second-order valence-corrected chi connectivity index (χ2v) is 6.82. The maximum absolute atomic E-state index is 3.48. The van der Waals surface area contributed by atoms with Gasteiger partial charge in [-0.05, 0) is 57.8 Å². The molecule has 0 aromatic heterocycles. The quantitative estimate of drug-likeness (QED) is 0.430. The van der Waals surface area contributed by atoms with Gasteiger partial charge in [-0.3, -0.25) is 0 Å². The molecule has 0 aromatic rings. The van der Waals surface area contributed by atoms with Crippen LogP contribution in [0.5, 0.6) is 0 Å². The first-order valence-electron chi connectivity index (χ1n) is 6.88. The molecule has 0 atom stereocenters. The van der Waals surface area contributed by atoms with Crippen LogP contribution < -0.4 is 0 Å². The Morgan fingerprint density at radius 2 is 2.12 bits per heavy atom. The van der Waals surface area contributed by atoms with Crippen molar-refractivity contribution in [2.24, 2.45) is 5.41 Å². The van der Waals surface area contributed by atoms with Gasteiger partial charge in [-0.25, -0.2) is 0 Å². The van der Waals surface area contributed by atoms with E-state index in [4.69, 9.17) is 0 Å². The highest BCUT2D eigenvalue weighted by molar-refractivity contribution is 9.09. The van der Waals surface area contributed by atoms with Gasteiger partial charge in [0, 0.05) is 5.33 Å². The molecule has 0 aliphatic heterocycles. The van der Waals surface area contributed by atoms with E-state index in [1.54, 1.807) is 16.7 Å². The van der Waals surface area contributed by atoms with E-state index in [0.717, 1.165) is 11.8 Å². The van der Waals surface area contributed by atoms with E-state index in [0.29, 0.717) is 5.41 Å². The largest absolute Gasteiger partial charge is 0.0925 e. The number of hydrogen-bond acceptors (Lipinski definition) is 0. The van der Waals surface area contributed by atoms with Crippen molar-refractivity contribution in [1.82, 2.24) is 0 Å². The number of rotatable bonds is 5. The minimum Gasteiger partial charge on any atom is -0.0925 e. The molecular formula is C16H27Br. The van der Waals surface area contributed by atoms with Gasteiger partial charge in [0.1, 0.15) is 0 Å². The first-order chi connectivity index (χ1) is 7.97. The average molecular weight is 299 g/mol. The molecule has 0 amide bonds. The highest BCUT2D eigenvalue weighted by atomic mass is 79.9. The average Bonchev–Trinajstić information content (AvgIpc) is 2.24. The number of hydrogen-bond donors (Lipinski definition) is 0. The number of halogens is 1. The zero-order valence-electron chi connectivity index (χ0n) is 11.9. The van der Waals surface area contributed by atoms with Crippen LogP contribution >= 0.6 is 15.9 Å². The molecule has 0 saturated carbocycles. The third-order valence-electron chi connectivity index (χ3n) is 4.06. The van der Waals surface area contributed by atoms with Gasteiger partial charge in [0.05, 0.1) is 0 Å². The summed E-state index contributed by atoms with van der Waals surface area (Å²) in [6.07, 6.45) is 10.1. The summed E-state index contributed by atoms with van der Waals surface area (Å²) in [5.41, 5.74) is 5.38. The lowest BCUT2D eigenvalue weighted by atomic mass is 9.71. The minimum absolute atomic E-state index is 0.442. The van der Waals surface area contributed by atoms with Gasteiger partial charge < -0.3 is 0 Å². The van der Waals surface area contributed by atoms with Crippen LogP contribution in [0.25, 0.3) is 0 Å². The maximum atomic E-state index is 3.48. The van der Waals surface area contributed by atoms with Crippen LogP contribution in [-0.2, 0) is 0 Å². The Morgan fingerprint density at radius 3 is 2.71 bits per heavy atom. The van der Waals surface area contributed by atoms with Crippen molar-refractivity contribution in [1.29, 1.82) is 0 Å². The summed E-state index contributed by atoms with van der Waals surface area (Å²) < 4.78 is 0. The lowest BCUT2D eigenvalue weighted by Crippen LogP contribution is -2.20. The molecule has 98 valence electrons. The van der Waals surface area contributed by atoms with Crippen molar-refractivity contribution in [3.8, 4) is 0 Å². The van der Waals surface area contributed by atoms with E-state index in [1.807, 2.05) is 0 Å². The van der Waals surface area contributed by atoms with Crippen LogP contribution in [0, 0.1) is 5.41 Å². The molecule has 17 heavy (non-hydrogen) atoms. The Labute approximate surface area is 116 Å². The van der Waals surface area contributed by atoms with Crippen LogP contribution in [0.3, 0.4) is 0 Å². The van der Waals surface area contributed by atoms with Crippen molar-refractivity contribution in [3.63, 3.8) is 0 Å². The molecule has 1 aliphatic carbocycles. The molecule has 1 heteroatoms. The molecule has 1 rings (SSSR count). The van der Waals surface area contributed by atoms with Crippen molar-refractivity contribution >= 4 is 15.9 Å². The molecule has 0 heterocycles. The summed E-state index contributed by atoms with van der Waals surface area (Å²) in [6.45, 7) is 9.45. The lowest BCUT2D eigenvalue weighted by molar-refractivity contribution is 0.354. The Balaban J connectivity index is 2.61. The van der Waals surface area contributed by atoms with Gasteiger partial charge in [-0.1, -0.05) is 52.6 Å². The lowest BCUT2D eigenvalue weighted by Gasteiger charge is -2.34. The van der Waals surface area contributed by atoms with E-state index in [9.17, 15) is 0 Å². The predicted molar refractivity (Wildman–Crippen MR) is 81.7 cm³/mol. The molecule has 0 spiro atoms. The van der Waals surface area contributed by atoms with Crippen molar-refractivity contribution < 1.29 is 0 Å². The van der Waals surface area contributed by atoms with Crippen LogP contribution in [0.15, 0.2) is 22.8 Å². The van der Waals surface area contributed by atoms with E-state index in [2.05, 4.69) is 49.7 Å². The van der Waals surface area contributed by atoms with E-state index < -0.39 is 0 Å². The molecule has 0 aromatic carbocycles. The van der Waals surface area contributed by atoms with E-state index in [-0.39, 0.29) is 0 Å².